The van der Waals surface area contributed by atoms with Gasteiger partial charge in [0.2, 0.25) is 5.78 Å². The number of esters is 1. The number of carbonyl (C=O) groups is 2. The summed E-state index contributed by atoms with van der Waals surface area (Å²) < 4.78 is 5.20. The van der Waals surface area contributed by atoms with Crippen LogP contribution in [0.5, 0.6) is 0 Å². The molecule has 1 heterocycles. The summed E-state index contributed by atoms with van der Waals surface area (Å²) in [5.41, 5.74) is 0.819. The molecule has 1 aliphatic carbocycles. The van der Waals surface area contributed by atoms with Crippen LogP contribution in [0.3, 0.4) is 0 Å². The number of allylic oxidation sites excluding steroid dienone is 1. The van der Waals surface area contributed by atoms with Gasteiger partial charge in [-0.25, -0.2) is 4.79 Å². The van der Waals surface area contributed by atoms with Crippen LogP contribution in [-0.2, 0) is 20.7 Å². The molecule has 1 saturated carbocycles. The second-order valence-electron chi connectivity index (χ2n) is 6.04. The van der Waals surface area contributed by atoms with Gasteiger partial charge in [0.05, 0.1) is 0 Å². The van der Waals surface area contributed by atoms with Crippen LogP contribution in [0.4, 0.5) is 0 Å². The summed E-state index contributed by atoms with van der Waals surface area (Å²) in [6.07, 6.45) is 4.41. The number of aliphatic hydroxyl groups is 1. The van der Waals surface area contributed by atoms with E-state index in [0.717, 1.165) is 37.7 Å². The maximum absolute atomic E-state index is 12.4. The first-order chi connectivity index (χ1) is 10.7. The molecule has 0 aromatic heterocycles. The molecule has 116 valence electrons. The average Bonchev–Trinajstić information content (AvgIpc) is 2.82. The molecule has 2 fully saturated rings. The molecule has 1 aromatic carbocycles. The number of benzene rings is 1. The van der Waals surface area contributed by atoms with E-state index in [1.165, 1.54) is 0 Å². The number of rotatable bonds is 3. The Morgan fingerprint density at radius 2 is 1.77 bits per heavy atom. The van der Waals surface area contributed by atoms with Crippen molar-refractivity contribution in [2.75, 3.05) is 0 Å². The zero-order chi connectivity index (χ0) is 15.5. The lowest BCUT2D eigenvalue weighted by atomic mass is 9.85. The number of carbonyl (C=O) groups excluding carboxylic acids is 2. The van der Waals surface area contributed by atoms with Gasteiger partial charge in [-0.1, -0.05) is 49.6 Å². The van der Waals surface area contributed by atoms with Crippen LogP contribution in [-0.4, -0.2) is 23.0 Å². The summed E-state index contributed by atoms with van der Waals surface area (Å²) in [6.45, 7) is 0. The molecule has 0 radical (unpaired) electrons. The quantitative estimate of drug-likeness (QED) is 0.403. The summed E-state index contributed by atoms with van der Waals surface area (Å²) >= 11 is 0. The molecule has 1 saturated heterocycles. The Balaban J connectivity index is 1.79. The summed E-state index contributed by atoms with van der Waals surface area (Å²) in [4.78, 5) is 24.4. The number of hydrogen-bond donors (Lipinski definition) is 1. The molecule has 4 heteroatoms. The van der Waals surface area contributed by atoms with Crippen LogP contribution in [0.2, 0.25) is 0 Å². The summed E-state index contributed by atoms with van der Waals surface area (Å²) in [7, 11) is 0. The molecule has 2 aliphatic rings. The molecule has 0 spiro atoms. The van der Waals surface area contributed by atoms with Crippen LogP contribution in [0.25, 0.3) is 0 Å². The molecule has 1 aliphatic heterocycles. The SMILES string of the molecule is O=C1OC(Cc2ccccc2)C(=O)/C1=C(\O)C1CCCCC1. The molecule has 1 N–H and O–H groups in total. The van der Waals surface area contributed by atoms with E-state index >= 15 is 0 Å². The number of hydrogen-bond acceptors (Lipinski definition) is 4. The van der Waals surface area contributed by atoms with Crippen LogP contribution in [0.15, 0.2) is 41.7 Å². The molecule has 22 heavy (non-hydrogen) atoms. The number of cyclic esters (lactones) is 1. The number of ketones is 1. The van der Waals surface area contributed by atoms with Gasteiger partial charge in [-0.3, -0.25) is 4.79 Å². The molecule has 0 amide bonds. The highest BCUT2D eigenvalue weighted by molar-refractivity contribution is 6.23. The fourth-order valence-corrected chi connectivity index (χ4v) is 3.28. The molecule has 3 rings (SSSR count). The monoisotopic (exact) mass is 300 g/mol. The molecular formula is C18H20O4. The van der Waals surface area contributed by atoms with Crippen molar-refractivity contribution in [3.8, 4) is 0 Å². The Bertz CT molecular complexity index is 597. The van der Waals surface area contributed by atoms with Crippen molar-refractivity contribution in [1.82, 2.24) is 0 Å². The fourth-order valence-electron chi connectivity index (χ4n) is 3.28. The Kier molecular flexibility index (Phi) is 4.27. The van der Waals surface area contributed by atoms with Crippen molar-refractivity contribution in [2.24, 2.45) is 5.92 Å². The fraction of sp³-hybridized carbons (Fsp3) is 0.444. The number of ether oxygens (including phenoxy) is 1. The third kappa shape index (κ3) is 2.91. The van der Waals surface area contributed by atoms with E-state index in [1.54, 1.807) is 0 Å². The van der Waals surface area contributed by atoms with Gasteiger partial charge in [-0.15, -0.1) is 0 Å². The van der Waals surface area contributed by atoms with Gasteiger partial charge in [-0.05, 0) is 18.4 Å². The van der Waals surface area contributed by atoms with Gasteiger partial charge in [0, 0.05) is 12.3 Å². The highest BCUT2D eigenvalue weighted by Gasteiger charge is 2.42. The summed E-state index contributed by atoms with van der Waals surface area (Å²) in [5, 5.41) is 10.4. The van der Waals surface area contributed by atoms with Gasteiger partial charge < -0.3 is 9.84 Å². The highest BCUT2D eigenvalue weighted by Crippen LogP contribution is 2.33. The van der Waals surface area contributed by atoms with Gasteiger partial charge in [0.1, 0.15) is 11.3 Å². The normalized spacial score (nSPS) is 25.2. The predicted octanol–water partition coefficient (Wildman–Crippen LogP) is 3.12. The Hall–Kier alpha value is -2.10. The van der Waals surface area contributed by atoms with Crippen molar-refractivity contribution in [3.63, 3.8) is 0 Å². The van der Waals surface area contributed by atoms with Crippen molar-refractivity contribution >= 4 is 11.8 Å². The van der Waals surface area contributed by atoms with Gasteiger partial charge >= 0.3 is 5.97 Å². The highest BCUT2D eigenvalue weighted by atomic mass is 16.6. The lowest BCUT2D eigenvalue weighted by Gasteiger charge is -2.21. The van der Waals surface area contributed by atoms with E-state index in [0.29, 0.717) is 6.42 Å². The van der Waals surface area contributed by atoms with Crippen LogP contribution < -0.4 is 0 Å². The van der Waals surface area contributed by atoms with Crippen LogP contribution >= 0.6 is 0 Å². The molecule has 1 unspecified atom stereocenters. The summed E-state index contributed by atoms with van der Waals surface area (Å²) in [6, 6.07) is 9.44. The minimum Gasteiger partial charge on any atom is -0.511 e. The lowest BCUT2D eigenvalue weighted by Crippen LogP contribution is -2.21. The molecular weight excluding hydrogens is 280 g/mol. The van der Waals surface area contributed by atoms with E-state index in [-0.39, 0.29) is 23.0 Å². The number of aliphatic hydroxyl groups excluding tert-OH is 1. The van der Waals surface area contributed by atoms with E-state index in [9.17, 15) is 14.7 Å². The summed E-state index contributed by atoms with van der Waals surface area (Å²) in [5.74, 6) is -1.17. The van der Waals surface area contributed by atoms with Crippen LogP contribution in [0, 0.1) is 5.92 Å². The Morgan fingerprint density at radius 3 is 2.45 bits per heavy atom. The maximum atomic E-state index is 12.4. The van der Waals surface area contributed by atoms with Crippen molar-refractivity contribution in [3.05, 3.63) is 47.2 Å². The molecule has 4 nitrogen and oxygen atoms in total. The molecule has 1 aromatic rings. The first-order valence-corrected chi connectivity index (χ1v) is 7.89. The first kappa shape index (κ1) is 14.8. The second kappa shape index (κ2) is 6.34. The lowest BCUT2D eigenvalue weighted by molar-refractivity contribution is -0.140. The standard InChI is InChI=1S/C18H20O4/c19-16(13-9-5-2-6-10-13)15-17(20)14(22-18(15)21)11-12-7-3-1-4-8-12/h1,3-4,7-8,13-14,19H,2,5-6,9-11H2/b16-15+. The first-order valence-electron chi connectivity index (χ1n) is 7.89. The van der Waals surface area contributed by atoms with Gasteiger partial charge in [0.15, 0.2) is 6.10 Å². The van der Waals surface area contributed by atoms with Crippen molar-refractivity contribution in [1.29, 1.82) is 0 Å². The van der Waals surface area contributed by atoms with E-state index in [4.69, 9.17) is 4.74 Å². The minimum atomic E-state index is -0.810. The van der Waals surface area contributed by atoms with Crippen LogP contribution in [0.1, 0.15) is 37.7 Å². The third-order valence-corrected chi connectivity index (χ3v) is 4.50. The Morgan fingerprint density at radius 1 is 1.09 bits per heavy atom. The number of Topliss-reactive ketones (excluding diaryl/α,β-unsaturated/α-hetero) is 1. The smallest absolute Gasteiger partial charge is 0.346 e. The zero-order valence-electron chi connectivity index (χ0n) is 12.5. The van der Waals surface area contributed by atoms with E-state index < -0.39 is 12.1 Å². The minimum absolute atomic E-state index is 0.0507. The van der Waals surface area contributed by atoms with Gasteiger partial charge in [-0.2, -0.15) is 0 Å². The topological polar surface area (TPSA) is 63.6 Å². The largest absolute Gasteiger partial charge is 0.511 e. The zero-order valence-corrected chi connectivity index (χ0v) is 12.5. The van der Waals surface area contributed by atoms with Gasteiger partial charge in [0.25, 0.3) is 0 Å². The predicted molar refractivity (Wildman–Crippen MR) is 81.3 cm³/mol. The second-order valence-corrected chi connectivity index (χ2v) is 6.04. The van der Waals surface area contributed by atoms with E-state index in [2.05, 4.69) is 0 Å². The third-order valence-electron chi connectivity index (χ3n) is 4.50. The van der Waals surface area contributed by atoms with E-state index in [1.807, 2.05) is 30.3 Å². The Labute approximate surface area is 129 Å². The van der Waals surface area contributed by atoms with Crippen molar-refractivity contribution < 1.29 is 19.4 Å². The van der Waals surface area contributed by atoms with Crippen molar-refractivity contribution in [2.45, 2.75) is 44.6 Å². The molecule has 0 bridgehead atoms. The average molecular weight is 300 g/mol. The molecule has 1 atom stereocenters. The maximum Gasteiger partial charge on any atom is 0.346 e.